The Hall–Kier alpha value is -0.460. The van der Waals surface area contributed by atoms with Gasteiger partial charge in [-0.05, 0) is 50.7 Å². The third-order valence-corrected chi connectivity index (χ3v) is 6.00. The summed E-state index contributed by atoms with van der Waals surface area (Å²) in [6.45, 7) is 1.81. The molecule has 6 heteroatoms. The lowest BCUT2D eigenvalue weighted by molar-refractivity contribution is -0.131. The number of thiocarbonyl (C=S) groups is 1. The van der Waals surface area contributed by atoms with Crippen LogP contribution in [0.2, 0.25) is 0 Å². The topological polar surface area (TPSA) is 49.8 Å². The van der Waals surface area contributed by atoms with Gasteiger partial charge in [0.25, 0.3) is 5.17 Å². The molecule has 1 aliphatic heterocycles. The van der Waals surface area contributed by atoms with Gasteiger partial charge < -0.3 is 9.84 Å². The van der Waals surface area contributed by atoms with Gasteiger partial charge in [-0.2, -0.15) is 0 Å². The van der Waals surface area contributed by atoms with Crippen molar-refractivity contribution >= 4 is 39.2 Å². The normalized spacial score (nSPS) is 38.1. The predicted octanol–water partition coefficient (Wildman–Crippen LogP) is 2.14. The second-order valence-electron chi connectivity index (χ2n) is 5.91. The van der Waals surface area contributed by atoms with E-state index in [0.29, 0.717) is 5.92 Å². The van der Waals surface area contributed by atoms with E-state index in [1.807, 2.05) is 6.92 Å². The van der Waals surface area contributed by atoms with E-state index in [1.54, 1.807) is 17.1 Å². The second-order valence-corrected chi connectivity index (χ2v) is 7.25. The van der Waals surface area contributed by atoms with Gasteiger partial charge in [0.15, 0.2) is 0 Å². The van der Waals surface area contributed by atoms with E-state index < -0.39 is 10.9 Å². The molecule has 0 aromatic carbocycles. The first kappa shape index (κ1) is 14.5. The van der Waals surface area contributed by atoms with Crippen molar-refractivity contribution in [1.82, 2.24) is 4.90 Å². The zero-order valence-corrected chi connectivity index (χ0v) is 13.7. The third kappa shape index (κ3) is 1.96. The van der Waals surface area contributed by atoms with Gasteiger partial charge in [0.05, 0.1) is 11.6 Å². The van der Waals surface area contributed by atoms with Crippen molar-refractivity contribution in [3.05, 3.63) is 12.2 Å². The van der Waals surface area contributed by atoms with Gasteiger partial charge in [0.1, 0.15) is 10.9 Å². The van der Waals surface area contributed by atoms with Crippen LogP contribution in [0, 0.1) is 5.92 Å². The molecule has 1 N–H and O–H groups in total. The molecule has 2 bridgehead atoms. The molecule has 1 heterocycles. The molecular weight excluding hydrogens is 342 g/mol. The number of hydrogen-bond donors (Lipinski definition) is 1. The Labute approximate surface area is 132 Å². The zero-order valence-electron chi connectivity index (χ0n) is 11.3. The molecule has 0 aromatic heterocycles. The standard InChI is InChI=1S/C14H18BrNO3S/c1-2-3-9(17)11(15)12(18)16-13(20)19-10-6-8-4-5-14(10,16)7-8/h2-3,8-11,17H,4-7H2,1H3/b3-2+/t8-,9-,10+,11+,14-/m0/s1. The summed E-state index contributed by atoms with van der Waals surface area (Å²) in [4.78, 5) is 13.7. The Morgan fingerprint density at radius 2 is 2.45 bits per heavy atom. The van der Waals surface area contributed by atoms with Gasteiger partial charge in [-0.15, -0.1) is 0 Å². The van der Waals surface area contributed by atoms with Crippen LogP contribution in [0.15, 0.2) is 12.2 Å². The number of fused-ring (bicyclic) bond motifs is 1. The fraction of sp³-hybridized carbons (Fsp3) is 0.714. The predicted molar refractivity (Wildman–Crippen MR) is 82.5 cm³/mol. The van der Waals surface area contributed by atoms with E-state index in [9.17, 15) is 9.90 Å². The highest BCUT2D eigenvalue weighted by Crippen LogP contribution is 2.56. The minimum atomic E-state index is -0.857. The number of alkyl halides is 1. The highest BCUT2D eigenvalue weighted by atomic mass is 79.9. The summed E-state index contributed by atoms with van der Waals surface area (Å²) in [5, 5.41) is 10.3. The number of allylic oxidation sites excluding steroid dienone is 1. The lowest BCUT2D eigenvalue weighted by Crippen LogP contribution is -2.54. The number of carbonyl (C=O) groups is 1. The molecule has 5 atom stereocenters. The summed E-state index contributed by atoms with van der Waals surface area (Å²) in [6.07, 6.45) is 6.58. The molecule has 3 fully saturated rings. The largest absolute Gasteiger partial charge is 0.465 e. The fourth-order valence-corrected chi connectivity index (χ4v) is 4.68. The van der Waals surface area contributed by atoms with Crippen LogP contribution in [0.5, 0.6) is 0 Å². The van der Waals surface area contributed by atoms with Gasteiger partial charge in [0.2, 0.25) is 5.91 Å². The molecule has 0 unspecified atom stereocenters. The average Bonchev–Trinajstić information content (AvgIpc) is 3.03. The van der Waals surface area contributed by atoms with E-state index in [-0.39, 0.29) is 22.7 Å². The van der Waals surface area contributed by atoms with Gasteiger partial charge in [-0.25, -0.2) is 0 Å². The number of hydrogen-bond acceptors (Lipinski definition) is 4. The van der Waals surface area contributed by atoms with Crippen molar-refractivity contribution in [3.8, 4) is 0 Å². The molecule has 20 heavy (non-hydrogen) atoms. The van der Waals surface area contributed by atoms with E-state index >= 15 is 0 Å². The van der Waals surface area contributed by atoms with E-state index in [0.717, 1.165) is 25.7 Å². The van der Waals surface area contributed by atoms with E-state index in [2.05, 4.69) is 15.9 Å². The molecule has 4 nitrogen and oxygen atoms in total. The van der Waals surface area contributed by atoms with E-state index in [4.69, 9.17) is 17.0 Å². The monoisotopic (exact) mass is 359 g/mol. The fourth-order valence-electron chi connectivity index (χ4n) is 3.91. The number of aliphatic hydroxyl groups is 1. The number of ether oxygens (including phenoxy) is 1. The SMILES string of the molecule is C/C=C/[C@H](O)[C@@H](Br)C(=O)N1C(=S)O[C@@H]2C[C@@H]3CC[C@]21C3. The number of aliphatic hydroxyl groups excluding tert-OH is 1. The third-order valence-electron chi connectivity index (χ3n) is 4.79. The number of carbonyl (C=O) groups excluding carboxylic acids is 1. The summed E-state index contributed by atoms with van der Waals surface area (Å²) >= 11 is 8.56. The molecule has 1 spiro atoms. The summed E-state index contributed by atoms with van der Waals surface area (Å²) < 4.78 is 5.75. The molecule has 1 amide bonds. The molecule has 0 aromatic rings. The number of amides is 1. The second kappa shape index (κ2) is 5.07. The lowest BCUT2D eigenvalue weighted by Gasteiger charge is -2.34. The summed E-state index contributed by atoms with van der Waals surface area (Å²) in [5.41, 5.74) is -0.250. The average molecular weight is 360 g/mol. The Balaban J connectivity index is 1.85. The summed E-state index contributed by atoms with van der Waals surface area (Å²) in [5.74, 6) is 0.457. The summed E-state index contributed by atoms with van der Waals surface area (Å²) in [6, 6.07) is 0. The van der Waals surface area contributed by atoms with Gasteiger partial charge in [0, 0.05) is 0 Å². The molecule has 2 saturated carbocycles. The van der Waals surface area contributed by atoms with Crippen molar-refractivity contribution in [2.45, 2.75) is 55.2 Å². The van der Waals surface area contributed by atoms with Crippen LogP contribution in [0.4, 0.5) is 0 Å². The van der Waals surface area contributed by atoms with Crippen LogP contribution in [0.1, 0.15) is 32.6 Å². The molecular formula is C14H18BrNO3S. The maximum absolute atomic E-state index is 12.7. The molecule has 2 aliphatic carbocycles. The van der Waals surface area contributed by atoms with Crippen LogP contribution in [0.3, 0.4) is 0 Å². The van der Waals surface area contributed by atoms with Gasteiger partial charge >= 0.3 is 0 Å². The summed E-state index contributed by atoms with van der Waals surface area (Å²) in [7, 11) is 0. The maximum atomic E-state index is 12.7. The Morgan fingerprint density at radius 1 is 1.70 bits per heavy atom. The first-order valence-electron chi connectivity index (χ1n) is 6.99. The highest BCUT2D eigenvalue weighted by molar-refractivity contribution is 9.10. The minimum absolute atomic E-state index is 0.0521. The molecule has 3 aliphatic rings. The van der Waals surface area contributed by atoms with Crippen molar-refractivity contribution in [3.63, 3.8) is 0 Å². The molecule has 1 saturated heterocycles. The highest BCUT2D eigenvalue weighted by Gasteiger charge is 2.64. The Morgan fingerprint density at radius 3 is 3.10 bits per heavy atom. The first-order valence-corrected chi connectivity index (χ1v) is 8.31. The number of nitrogens with zero attached hydrogens (tertiary/aromatic N) is 1. The first-order chi connectivity index (χ1) is 9.49. The van der Waals surface area contributed by atoms with Crippen LogP contribution in [0.25, 0.3) is 0 Å². The lowest BCUT2D eigenvalue weighted by atomic mass is 9.90. The van der Waals surface area contributed by atoms with Crippen LogP contribution in [-0.4, -0.2) is 43.7 Å². The zero-order chi connectivity index (χ0) is 14.5. The van der Waals surface area contributed by atoms with Crippen molar-refractivity contribution in [2.75, 3.05) is 0 Å². The number of rotatable bonds is 3. The van der Waals surface area contributed by atoms with E-state index in [1.165, 1.54) is 0 Å². The Bertz CT molecular complexity index is 483. The molecule has 3 rings (SSSR count). The van der Waals surface area contributed by atoms with Gasteiger partial charge in [-0.3, -0.25) is 9.69 Å². The molecule has 110 valence electrons. The van der Waals surface area contributed by atoms with Crippen molar-refractivity contribution in [2.24, 2.45) is 5.92 Å². The maximum Gasteiger partial charge on any atom is 0.267 e. The minimum Gasteiger partial charge on any atom is -0.465 e. The smallest absolute Gasteiger partial charge is 0.267 e. The number of halogens is 1. The molecule has 0 radical (unpaired) electrons. The van der Waals surface area contributed by atoms with Crippen LogP contribution >= 0.6 is 28.1 Å². The van der Waals surface area contributed by atoms with Crippen molar-refractivity contribution < 1.29 is 14.6 Å². The quantitative estimate of drug-likeness (QED) is 0.476. The van der Waals surface area contributed by atoms with Crippen molar-refractivity contribution in [1.29, 1.82) is 0 Å². The Kier molecular flexibility index (Phi) is 3.67. The van der Waals surface area contributed by atoms with Crippen LogP contribution < -0.4 is 0 Å². The van der Waals surface area contributed by atoms with Gasteiger partial charge in [-0.1, -0.05) is 28.1 Å². The van der Waals surface area contributed by atoms with Crippen LogP contribution in [-0.2, 0) is 9.53 Å².